The molecule has 8 heteroatoms. The van der Waals surface area contributed by atoms with Gasteiger partial charge in [0.25, 0.3) is 0 Å². The summed E-state index contributed by atoms with van der Waals surface area (Å²) < 4.78 is 42.8. The average molecular weight is 507 g/mol. The highest BCUT2D eigenvalue weighted by atomic mass is 127. The Morgan fingerprint density at radius 3 is 2.29 bits per heavy atom. The number of alkyl halides is 3. The maximum Gasteiger partial charge on any atom is 0.416 e. The van der Waals surface area contributed by atoms with Gasteiger partial charge < -0.3 is 15.4 Å². The normalized spacial score (nSPS) is 11.7. The van der Waals surface area contributed by atoms with Crippen LogP contribution in [-0.4, -0.2) is 26.7 Å². The van der Waals surface area contributed by atoms with Crippen molar-refractivity contribution >= 4 is 29.9 Å². The molecule has 0 heterocycles. The van der Waals surface area contributed by atoms with E-state index in [0.717, 1.165) is 28.8 Å². The molecule has 28 heavy (non-hydrogen) atoms. The lowest BCUT2D eigenvalue weighted by Gasteiger charge is -2.13. The summed E-state index contributed by atoms with van der Waals surface area (Å²) in [7, 11) is 3.34. The molecule has 0 saturated heterocycles. The number of hydrogen-bond acceptors (Lipinski definition) is 2. The molecule has 4 nitrogen and oxygen atoms in total. The highest BCUT2D eigenvalue weighted by molar-refractivity contribution is 14.0. The summed E-state index contributed by atoms with van der Waals surface area (Å²) in [5.74, 6) is 0.638. The zero-order valence-electron chi connectivity index (χ0n) is 15.8. The number of rotatable bonds is 7. The van der Waals surface area contributed by atoms with Gasteiger partial charge >= 0.3 is 6.18 Å². The lowest BCUT2D eigenvalue weighted by Crippen LogP contribution is -2.37. The Morgan fingerprint density at radius 2 is 1.68 bits per heavy atom. The minimum Gasteiger partial charge on any atom is -0.380 e. The number of methoxy groups -OCH3 is 1. The Labute approximate surface area is 180 Å². The largest absolute Gasteiger partial charge is 0.416 e. The van der Waals surface area contributed by atoms with Crippen LogP contribution in [0.3, 0.4) is 0 Å². The van der Waals surface area contributed by atoms with Crippen molar-refractivity contribution in [3.8, 4) is 0 Å². The molecule has 2 aromatic rings. The van der Waals surface area contributed by atoms with Crippen molar-refractivity contribution in [1.82, 2.24) is 10.6 Å². The second-order valence-electron chi connectivity index (χ2n) is 6.05. The molecule has 0 fully saturated rings. The van der Waals surface area contributed by atoms with E-state index in [0.29, 0.717) is 32.1 Å². The second-order valence-corrected chi connectivity index (χ2v) is 6.05. The number of halogens is 4. The fourth-order valence-electron chi connectivity index (χ4n) is 2.59. The second kappa shape index (κ2) is 11.9. The zero-order chi connectivity index (χ0) is 19.7. The predicted octanol–water partition coefficient (Wildman–Crippen LogP) is 4.38. The van der Waals surface area contributed by atoms with Crippen LogP contribution in [0, 0.1) is 0 Å². The quantitative estimate of drug-likeness (QED) is 0.333. The predicted molar refractivity (Wildman–Crippen MR) is 116 cm³/mol. The van der Waals surface area contributed by atoms with Crippen LogP contribution >= 0.6 is 24.0 Å². The first-order chi connectivity index (χ1) is 12.9. The maximum atomic E-state index is 12.6. The Morgan fingerprint density at radius 1 is 1.00 bits per heavy atom. The minimum atomic E-state index is -4.30. The zero-order valence-corrected chi connectivity index (χ0v) is 18.2. The van der Waals surface area contributed by atoms with Crippen molar-refractivity contribution in [2.75, 3.05) is 20.7 Å². The van der Waals surface area contributed by atoms with Gasteiger partial charge in [-0.25, -0.2) is 0 Å². The lowest BCUT2D eigenvalue weighted by atomic mass is 10.1. The van der Waals surface area contributed by atoms with E-state index in [1.807, 2.05) is 18.2 Å². The van der Waals surface area contributed by atoms with Crippen LogP contribution in [0.5, 0.6) is 0 Å². The first kappa shape index (κ1) is 24.2. The summed E-state index contributed by atoms with van der Waals surface area (Å²) in [4.78, 5) is 4.16. The molecular weight excluding hydrogens is 482 g/mol. The van der Waals surface area contributed by atoms with Crippen LogP contribution in [-0.2, 0) is 30.5 Å². The van der Waals surface area contributed by atoms with Crippen LogP contribution in [0.25, 0.3) is 0 Å². The third kappa shape index (κ3) is 8.05. The van der Waals surface area contributed by atoms with Crippen molar-refractivity contribution < 1.29 is 17.9 Å². The SMILES string of the molecule is CN=C(NCCc1ccc(C(F)(F)F)cc1)NCc1cccc(COC)c1.I. The Balaban J connectivity index is 0.00000392. The van der Waals surface area contributed by atoms with Crippen molar-refractivity contribution in [2.24, 2.45) is 4.99 Å². The number of ether oxygens (including phenoxy) is 1. The lowest BCUT2D eigenvalue weighted by molar-refractivity contribution is -0.137. The molecule has 0 unspecified atom stereocenters. The molecule has 0 amide bonds. The van der Waals surface area contributed by atoms with Crippen molar-refractivity contribution in [2.45, 2.75) is 25.7 Å². The number of nitrogens with one attached hydrogen (secondary N) is 2. The molecule has 2 N–H and O–H groups in total. The average Bonchev–Trinajstić information content (AvgIpc) is 2.65. The number of guanidine groups is 1. The molecule has 0 bridgehead atoms. The third-order valence-corrected chi connectivity index (χ3v) is 3.97. The molecule has 0 radical (unpaired) electrons. The van der Waals surface area contributed by atoms with E-state index < -0.39 is 11.7 Å². The summed E-state index contributed by atoms with van der Waals surface area (Å²) in [5.41, 5.74) is 2.41. The molecule has 2 rings (SSSR count). The first-order valence-electron chi connectivity index (χ1n) is 8.60. The fourth-order valence-corrected chi connectivity index (χ4v) is 2.59. The highest BCUT2D eigenvalue weighted by Crippen LogP contribution is 2.29. The van der Waals surface area contributed by atoms with Gasteiger partial charge in [0.1, 0.15) is 0 Å². The van der Waals surface area contributed by atoms with Crippen molar-refractivity contribution in [1.29, 1.82) is 0 Å². The van der Waals surface area contributed by atoms with Gasteiger partial charge in [-0.05, 0) is 35.2 Å². The van der Waals surface area contributed by atoms with E-state index in [2.05, 4.69) is 21.7 Å². The third-order valence-electron chi connectivity index (χ3n) is 3.97. The number of aliphatic imine (C=N–C) groups is 1. The van der Waals surface area contributed by atoms with Crippen LogP contribution in [0.15, 0.2) is 53.5 Å². The van der Waals surface area contributed by atoms with E-state index in [-0.39, 0.29) is 24.0 Å². The number of benzene rings is 2. The summed E-state index contributed by atoms with van der Waals surface area (Å²) in [5, 5.41) is 6.38. The summed E-state index contributed by atoms with van der Waals surface area (Å²) in [6, 6.07) is 13.3. The highest BCUT2D eigenvalue weighted by Gasteiger charge is 2.29. The van der Waals surface area contributed by atoms with E-state index >= 15 is 0 Å². The van der Waals surface area contributed by atoms with Gasteiger partial charge in [0.2, 0.25) is 0 Å². The van der Waals surface area contributed by atoms with Gasteiger partial charge in [-0.2, -0.15) is 13.2 Å². The smallest absolute Gasteiger partial charge is 0.380 e. The van der Waals surface area contributed by atoms with Crippen LogP contribution in [0.1, 0.15) is 22.3 Å². The van der Waals surface area contributed by atoms with E-state index in [4.69, 9.17) is 4.74 Å². The monoisotopic (exact) mass is 507 g/mol. The molecule has 0 saturated carbocycles. The summed E-state index contributed by atoms with van der Waals surface area (Å²) in [6.45, 7) is 1.74. The van der Waals surface area contributed by atoms with Gasteiger partial charge in [-0.3, -0.25) is 4.99 Å². The van der Waals surface area contributed by atoms with E-state index in [1.54, 1.807) is 14.2 Å². The van der Waals surface area contributed by atoms with Crippen molar-refractivity contribution in [3.63, 3.8) is 0 Å². The minimum absolute atomic E-state index is 0. The van der Waals surface area contributed by atoms with Gasteiger partial charge in [0.15, 0.2) is 5.96 Å². The molecule has 0 aliphatic rings. The molecular formula is C20H25F3IN3O. The molecule has 0 atom stereocenters. The van der Waals surface area contributed by atoms with Crippen LogP contribution < -0.4 is 10.6 Å². The summed E-state index contributed by atoms with van der Waals surface area (Å²) >= 11 is 0. The Bertz CT molecular complexity index is 749. The van der Waals surface area contributed by atoms with Gasteiger partial charge in [-0.1, -0.05) is 36.4 Å². The maximum absolute atomic E-state index is 12.6. The van der Waals surface area contributed by atoms with Crippen molar-refractivity contribution in [3.05, 3.63) is 70.8 Å². The summed E-state index contributed by atoms with van der Waals surface area (Å²) in [6.07, 6.45) is -3.70. The van der Waals surface area contributed by atoms with Crippen LogP contribution in [0.4, 0.5) is 13.2 Å². The van der Waals surface area contributed by atoms with Crippen LogP contribution in [0.2, 0.25) is 0 Å². The van der Waals surface area contributed by atoms with E-state index in [1.165, 1.54) is 12.1 Å². The van der Waals surface area contributed by atoms with Gasteiger partial charge in [0.05, 0.1) is 12.2 Å². The van der Waals surface area contributed by atoms with Gasteiger partial charge in [-0.15, -0.1) is 24.0 Å². The molecule has 0 aliphatic carbocycles. The topological polar surface area (TPSA) is 45.7 Å². The standard InChI is InChI=1S/C20H24F3N3O.HI/c1-24-19(26-13-16-4-3-5-17(12-16)14-27-2)25-11-10-15-6-8-18(9-7-15)20(21,22)23;/h3-9,12H,10-11,13-14H2,1-2H3,(H2,24,25,26);1H. The molecule has 0 aromatic heterocycles. The number of hydrogen-bond donors (Lipinski definition) is 2. The molecule has 0 aliphatic heterocycles. The fraction of sp³-hybridized carbons (Fsp3) is 0.350. The number of nitrogens with zero attached hydrogens (tertiary/aromatic N) is 1. The Kier molecular flexibility index (Phi) is 10.3. The molecule has 0 spiro atoms. The molecule has 154 valence electrons. The first-order valence-corrected chi connectivity index (χ1v) is 8.60. The van der Waals surface area contributed by atoms with Gasteiger partial charge in [0, 0.05) is 27.2 Å². The van der Waals surface area contributed by atoms with E-state index in [9.17, 15) is 13.2 Å². The molecule has 2 aromatic carbocycles. The Hall–Kier alpha value is -1.81.